The highest BCUT2D eigenvalue weighted by atomic mass is 16.2. The second-order valence-electron chi connectivity index (χ2n) is 12.1. The van der Waals surface area contributed by atoms with E-state index in [1.54, 1.807) is 39.8 Å². The molecule has 46 heavy (non-hydrogen) atoms. The van der Waals surface area contributed by atoms with Crippen molar-refractivity contribution in [2.24, 2.45) is 5.92 Å². The van der Waals surface area contributed by atoms with Gasteiger partial charge >= 0.3 is 0 Å². The van der Waals surface area contributed by atoms with Crippen LogP contribution < -0.4 is 26.6 Å². The molecule has 1 aliphatic rings. The summed E-state index contributed by atoms with van der Waals surface area (Å²) in [6.07, 6.45) is 0.646. The summed E-state index contributed by atoms with van der Waals surface area (Å²) in [5.41, 5.74) is 2.43. The smallest absolute Gasteiger partial charge is 0.252 e. The van der Waals surface area contributed by atoms with Crippen LogP contribution in [0.15, 0.2) is 42.5 Å². The fourth-order valence-corrected chi connectivity index (χ4v) is 5.13. The molecule has 1 saturated heterocycles. The Morgan fingerprint density at radius 1 is 0.957 bits per heavy atom. The van der Waals surface area contributed by atoms with Crippen LogP contribution in [0.3, 0.4) is 0 Å². The highest BCUT2D eigenvalue weighted by Gasteiger charge is 2.32. The van der Waals surface area contributed by atoms with Crippen LogP contribution in [0.2, 0.25) is 0 Å². The van der Waals surface area contributed by atoms with E-state index in [-0.39, 0.29) is 31.8 Å². The molecule has 2 heterocycles. The minimum atomic E-state index is -1.06. The summed E-state index contributed by atoms with van der Waals surface area (Å²) in [6, 6.07) is 8.24. The summed E-state index contributed by atoms with van der Waals surface area (Å²) >= 11 is 0. The molecule has 2 aromatic rings. The zero-order valence-electron chi connectivity index (χ0n) is 27.3. The SMILES string of the molecule is Cc1cc(C(=O)N[C@H]2CCCNC(=O)CN(C)C(=O)[C@H](Cc3ccccc3)NC(=O)[C@@H](C)NC(=O)[C@@H](C(C)C)NC2=O)cc(C)n1. The maximum atomic E-state index is 13.5. The minimum Gasteiger partial charge on any atom is -0.355 e. The van der Waals surface area contributed by atoms with Crippen LogP contribution in [-0.4, -0.2) is 89.6 Å². The first-order valence-electron chi connectivity index (χ1n) is 15.5. The summed E-state index contributed by atoms with van der Waals surface area (Å²) in [7, 11) is 1.47. The van der Waals surface area contributed by atoms with Gasteiger partial charge in [-0.1, -0.05) is 44.2 Å². The van der Waals surface area contributed by atoms with E-state index in [0.29, 0.717) is 23.4 Å². The maximum absolute atomic E-state index is 13.5. The number of aromatic nitrogens is 1. The van der Waals surface area contributed by atoms with Crippen molar-refractivity contribution in [2.45, 2.75) is 78.0 Å². The van der Waals surface area contributed by atoms with Crippen molar-refractivity contribution in [3.63, 3.8) is 0 Å². The molecule has 1 aliphatic heterocycles. The van der Waals surface area contributed by atoms with Gasteiger partial charge in [0.05, 0.1) is 6.54 Å². The van der Waals surface area contributed by atoms with Gasteiger partial charge in [-0.15, -0.1) is 0 Å². The molecule has 13 nitrogen and oxygen atoms in total. The second kappa shape index (κ2) is 16.5. The van der Waals surface area contributed by atoms with E-state index < -0.39 is 59.6 Å². The number of nitrogens with zero attached hydrogens (tertiary/aromatic N) is 2. The number of benzene rings is 1. The van der Waals surface area contributed by atoms with Gasteiger partial charge in [0.15, 0.2) is 0 Å². The van der Waals surface area contributed by atoms with E-state index >= 15 is 0 Å². The molecule has 6 amide bonds. The molecule has 0 unspecified atom stereocenters. The summed E-state index contributed by atoms with van der Waals surface area (Å²) in [4.78, 5) is 85.0. The summed E-state index contributed by atoms with van der Waals surface area (Å²) in [5.74, 6) is -3.52. The molecule has 0 bridgehead atoms. The quantitative estimate of drug-likeness (QED) is 0.318. The summed E-state index contributed by atoms with van der Waals surface area (Å²) in [6.45, 7) is 8.41. The molecule has 1 fully saturated rings. The average Bonchev–Trinajstić information content (AvgIpc) is 2.99. The van der Waals surface area contributed by atoms with Crippen LogP contribution in [0.4, 0.5) is 0 Å². The van der Waals surface area contributed by atoms with E-state index in [1.807, 2.05) is 30.3 Å². The van der Waals surface area contributed by atoms with E-state index in [0.717, 1.165) is 5.56 Å². The highest BCUT2D eigenvalue weighted by molar-refractivity contribution is 5.99. The first-order valence-corrected chi connectivity index (χ1v) is 15.5. The Morgan fingerprint density at radius 3 is 2.24 bits per heavy atom. The number of carbonyl (C=O) groups is 6. The Morgan fingerprint density at radius 2 is 1.61 bits per heavy atom. The topological polar surface area (TPSA) is 179 Å². The van der Waals surface area contributed by atoms with Crippen molar-refractivity contribution in [2.75, 3.05) is 20.1 Å². The first-order chi connectivity index (χ1) is 21.7. The number of hydrogen-bond acceptors (Lipinski definition) is 7. The van der Waals surface area contributed by atoms with Gasteiger partial charge in [-0.25, -0.2) is 0 Å². The summed E-state index contributed by atoms with van der Waals surface area (Å²) in [5, 5.41) is 13.6. The van der Waals surface area contributed by atoms with Gasteiger partial charge in [0.2, 0.25) is 29.5 Å². The largest absolute Gasteiger partial charge is 0.355 e. The van der Waals surface area contributed by atoms with Crippen LogP contribution in [0.25, 0.3) is 0 Å². The van der Waals surface area contributed by atoms with E-state index in [2.05, 4.69) is 31.6 Å². The summed E-state index contributed by atoms with van der Waals surface area (Å²) < 4.78 is 0. The molecule has 248 valence electrons. The number of aryl methyl sites for hydroxylation is 2. The third-order valence-corrected chi connectivity index (χ3v) is 7.61. The maximum Gasteiger partial charge on any atom is 0.252 e. The molecule has 4 atom stereocenters. The molecular weight excluding hydrogens is 590 g/mol. The second-order valence-corrected chi connectivity index (χ2v) is 12.1. The van der Waals surface area contributed by atoms with Crippen LogP contribution in [-0.2, 0) is 30.4 Å². The lowest BCUT2D eigenvalue weighted by atomic mass is 10.0. The molecule has 1 aromatic heterocycles. The zero-order valence-corrected chi connectivity index (χ0v) is 27.3. The fourth-order valence-electron chi connectivity index (χ4n) is 5.13. The predicted molar refractivity (Wildman–Crippen MR) is 171 cm³/mol. The molecule has 0 aliphatic carbocycles. The van der Waals surface area contributed by atoms with Gasteiger partial charge in [0.25, 0.3) is 5.91 Å². The lowest BCUT2D eigenvalue weighted by Gasteiger charge is -2.28. The monoisotopic (exact) mass is 635 g/mol. The number of pyridine rings is 1. The number of rotatable bonds is 5. The van der Waals surface area contributed by atoms with E-state index in [1.165, 1.54) is 18.9 Å². The van der Waals surface area contributed by atoms with Crippen molar-refractivity contribution in [1.82, 2.24) is 36.5 Å². The Hall–Kier alpha value is -4.81. The predicted octanol–water partition coefficient (Wildman–Crippen LogP) is 0.538. The van der Waals surface area contributed by atoms with Crippen LogP contribution >= 0.6 is 0 Å². The van der Waals surface area contributed by atoms with Gasteiger partial charge in [-0.2, -0.15) is 0 Å². The first kappa shape index (κ1) is 35.7. The molecular formula is C33H45N7O6. The van der Waals surface area contributed by atoms with Crippen molar-refractivity contribution >= 4 is 35.4 Å². The third-order valence-electron chi connectivity index (χ3n) is 7.61. The Balaban J connectivity index is 1.86. The van der Waals surface area contributed by atoms with E-state index in [4.69, 9.17) is 0 Å². The standard InChI is InChI=1S/C33H45N7O6/c1-19(2)28-32(45)36-22(5)29(42)38-26(17-23-11-8-7-9-12-23)33(46)40(6)18-27(41)34-14-10-13-25(31(44)39-28)37-30(43)24-15-20(3)35-21(4)16-24/h7-9,11-12,15-16,19,22,25-26,28H,10,13-14,17-18H2,1-6H3,(H,34,41)(H,36,45)(H,37,43)(H,38,42)(H,39,44)/t22-,25+,26+,28-/m1/s1. The zero-order chi connectivity index (χ0) is 34.0. The molecule has 0 radical (unpaired) electrons. The van der Waals surface area contributed by atoms with Crippen LogP contribution in [0.5, 0.6) is 0 Å². The Labute approximate surface area is 269 Å². The number of hydrogen-bond donors (Lipinski definition) is 5. The third kappa shape index (κ3) is 10.4. The molecule has 3 rings (SSSR count). The van der Waals surface area contributed by atoms with Gasteiger partial charge in [-0.3, -0.25) is 33.8 Å². The number of carbonyl (C=O) groups excluding carboxylic acids is 6. The van der Waals surface area contributed by atoms with Gasteiger partial charge in [0.1, 0.15) is 24.2 Å². The Kier molecular flexibility index (Phi) is 12.8. The average molecular weight is 636 g/mol. The minimum absolute atomic E-state index is 0.153. The highest BCUT2D eigenvalue weighted by Crippen LogP contribution is 2.10. The van der Waals surface area contributed by atoms with Crippen LogP contribution in [0.1, 0.15) is 60.9 Å². The van der Waals surface area contributed by atoms with Gasteiger partial charge < -0.3 is 31.5 Å². The number of amides is 6. The van der Waals surface area contributed by atoms with Crippen molar-refractivity contribution in [3.8, 4) is 0 Å². The number of likely N-dealkylation sites (N-methyl/N-ethyl adjacent to an activating group) is 1. The normalized spacial score (nSPS) is 22.6. The van der Waals surface area contributed by atoms with Crippen molar-refractivity contribution in [1.29, 1.82) is 0 Å². The van der Waals surface area contributed by atoms with Crippen molar-refractivity contribution < 1.29 is 28.8 Å². The molecule has 5 N–H and O–H groups in total. The van der Waals surface area contributed by atoms with E-state index in [9.17, 15) is 28.8 Å². The molecule has 0 saturated carbocycles. The number of nitrogens with one attached hydrogen (secondary N) is 5. The molecule has 13 heteroatoms. The van der Waals surface area contributed by atoms with Crippen molar-refractivity contribution in [3.05, 3.63) is 65.0 Å². The lowest BCUT2D eigenvalue weighted by molar-refractivity contribution is -0.139. The molecule has 0 spiro atoms. The van der Waals surface area contributed by atoms with Gasteiger partial charge in [0, 0.05) is 37.0 Å². The lowest BCUT2D eigenvalue weighted by Crippen LogP contribution is -2.59. The molecule has 1 aromatic carbocycles. The Bertz CT molecular complexity index is 1410. The van der Waals surface area contributed by atoms with Gasteiger partial charge in [-0.05, 0) is 57.2 Å². The van der Waals surface area contributed by atoms with Crippen LogP contribution in [0, 0.1) is 19.8 Å². The fraction of sp³-hybridized carbons (Fsp3) is 0.485.